The van der Waals surface area contributed by atoms with Crippen molar-refractivity contribution >= 4 is 33.9 Å². The summed E-state index contributed by atoms with van der Waals surface area (Å²) in [5.74, 6) is -1.72. The Bertz CT molecular complexity index is 1210. The fraction of sp³-hybridized carbons (Fsp3) is 0.368. The number of H-pyrrole nitrogens is 1. The molecule has 5 rings (SSSR count). The van der Waals surface area contributed by atoms with E-state index in [1.54, 1.807) is 4.68 Å². The molecule has 29 heavy (non-hydrogen) atoms. The first kappa shape index (κ1) is 18.3. The maximum atomic E-state index is 13.6. The quantitative estimate of drug-likeness (QED) is 0.498. The second kappa shape index (κ2) is 6.94. The number of hydrogen-bond donors (Lipinski definition) is 1. The Morgan fingerprint density at radius 2 is 2.07 bits per heavy atom. The lowest BCUT2D eigenvalue weighted by atomic mass is 9.92. The van der Waals surface area contributed by atoms with Gasteiger partial charge in [0.25, 0.3) is 5.56 Å². The highest BCUT2D eigenvalue weighted by Gasteiger charge is 2.36. The van der Waals surface area contributed by atoms with Crippen molar-refractivity contribution in [3.05, 3.63) is 46.8 Å². The Kier molecular flexibility index (Phi) is 4.38. The first-order valence-corrected chi connectivity index (χ1v) is 10.3. The van der Waals surface area contributed by atoms with Crippen LogP contribution in [-0.2, 0) is 5.75 Å². The van der Waals surface area contributed by atoms with Crippen molar-refractivity contribution in [2.75, 3.05) is 0 Å². The second-order valence-corrected chi connectivity index (χ2v) is 8.10. The van der Waals surface area contributed by atoms with Gasteiger partial charge in [0, 0.05) is 12.8 Å². The van der Waals surface area contributed by atoms with Crippen molar-refractivity contribution < 1.29 is 13.2 Å². The van der Waals surface area contributed by atoms with Gasteiger partial charge in [-0.15, -0.1) is 0 Å². The normalized spacial score (nSPS) is 17.3. The molecule has 1 fully saturated rings. The van der Waals surface area contributed by atoms with E-state index in [9.17, 15) is 13.6 Å². The van der Waals surface area contributed by atoms with Crippen LogP contribution in [0, 0.1) is 0 Å². The number of rotatable bonds is 4. The monoisotopic (exact) mass is 417 g/mol. The van der Waals surface area contributed by atoms with Crippen LogP contribution < -0.4 is 5.56 Å². The number of nitrogens with one attached hydrogen (secondary N) is 1. The van der Waals surface area contributed by atoms with Gasteiger partial charge < -0.3 is 9.40 Å². The SMILES string of the molecule is O=c1[nH]cnc2c1c(SCc1nc3ccccc3o1)nn2C1CCC(F)(F)CC1. The van der Waals surface area contributed by atoms with Gasteiger partial charge in [-0.3, -0.25) is 4.79 Å². The third-order valence-corrected chi connectivity index (χ3v) is 6.12. The van der Waals surface area contributed by atoms with Crippen LogP contribution in [0.1, 0.15) is 37.6 Å². The molecule has 0 atom stereocenters. The molecule has 0 spiro atoms. The molecule has 0 saturated heterocycles. The number of thioether (sulfide) groups is 1. The van der Waals surface area contributed by atoms with E-state index in [1.165, 1.54) is 18.1 Å². The summed E-state index contributed by atoms with van der Waals surface area (Å²) >= 11 is 1.32. The zero-order valence-corrected chi connectivity index (χ0v) is 16.1. The molecule has 0 aliphatic heterocycles. The maximum absolute atomic E-state index is 13.6. The summed E-state index contributed by atoms with van der Waals surface area (Å²) in [6.45, 7) is 0. The molecule has 4 aromatic rings. The highest BCUT2D eigenvalue weighted by atomic mass is 32.2. The number of alkyl halides is 2. The zero-order chi connectivity index (χ0) is 20.0. The minimum absolute atomic E-state index is 0.187. The molecule has 3 heterocycles. The average molecular weight is 417 g/mol. The highest BCUT2D eigenvalue weighted by molar-refractivity contribution is 7.98. The summed E-state index contributed by atoms with van der Waals surface area (Å²) in [6.07, 6.45) is 1.54. The molecule has 150 valence electrons. The summed E-state index contributed by atoms with van der Waals surface area (Å²) < 4.78 is 34.5. The first-order chi connectivity index (χ1) is 14.0. The van der Waals surface area contributed by atoms with Gasteiger partial charge in [0.2, 0.25) is 11.8 Å². The molecule has 1 saturated carbocycles. The van der Waals surface area contributed by atoms with Gasteiger partial charge in [-0.25, -0.2) is 23.4 Å². The van der Waals surface area contributed by atoms with E-state index < -0.39 is 5.92 Å². The third-order valence-electron chi connectivity index (χ3n) is 5.17. The smallest absolute Gasteiger partial charge is 0.263 e. The number of halogens is 2. The standard InChI is InChI=1S/C19H17F2N5O2S/c20-19(21)7-5-11(6-8-19)26-16-15(17(27)23-10-22-16)18(25-26)29-9-14-24-12-3-1-2-4-13(12)28-14/h1-4,10-11H,5-9H2,(H,22,23,27). The molecule has 10 heteroatoms. The van der Waals surface area contributed by atoms with E-state index in [1.807, 2.05) is 24.3 Å². The van der Waals surface area contributed by atoms with E-state index in [-0.39, 0.29) is 24.4 Å². The van der Waals surface area contributed by atoms with Crippen molar-refractivity contribution in [3.63, 3.8) is 0 Å². The molecule has 0 bridgehead atoms. The third kappa shape index (κ3) is 3.41. The van der Waals surface area contributed by atoms with Crippen molar-refractivity contribution in [1.82, 2.24) is 24.7 Å². The molecular weight excluding hydrogens is 400 g/mol. The molecule has 3 aromatic heterocycles. The summed E-state index contributed by atoms with van der Waals surface area (Å²) in [5.41, 5.74) is 1.58. The average Bonchev–Trinajstić information content (AvgIpc) is 3.28. The van der Waals surface area contributed by atoms with Crippen LogP contribution in [-0.4, -0.2) is 30.7 Å². The fourth-order valence-electron chi connectivity index (χ4n) is 3.69. The van der Waals surface area contributed by atoms with Crippen molar-refractivity contribution in [3.8, 4) is 0 Å². The van der Waals surface area contributed by atoms with Gasteiger partial charge in [0.15, 0.2) is 11.2 Å². The van der Waals surface area contributed by atoms with Gasteiger partial charge in [0.1, 0.15) is 15.9 Å². The minimum atomic E-state index is -2.63. The van der Waals surface area contributed by atoms with E-state index in [2.05, 4.69) is 20.1 Å². The summed E-state index contributed by atoms with van der Waals surface area (Å²) in [7, 11) is 0. The number of benzene rings is 1. The van der Waals surface area contributed by atoms with Crippen LogP contribution >= 0.6 is 11.8 Å². The van der Waals surface area contributed by atoms with Crippen LogP contribution in [0.5, 0.6) is 0 Å². The first-order valence-electron chi connectivity index (χ1n) is 9.31. The van der Waals surface area contributed by atoms with Crippen LogP contribution in [0.3, 0.4) is 0 Å². The van der Waals surface area contributed by atoms with E-state index in [4.69, 9.17) is 4.42 Å². The molecule has 1 aromatic carbocycles. The van der Waals surface area contributed by atoms with Gasteiger partial charge in [-0.05, 0) is 25.0 Å². The van der Waals surface area contributed by atoms with Gasteiger partial charge in [0.05, 0.1) is 18.1 Å². The molecule has 1 aliphatic rings. The molecule has 1 N–H and O–H groups in total. The van der Waals surface area contributed by atoms with E-state index >= 15 is 0 Å². The van der Waals surface area contributed by atoms with Gasteiger partial charge >= 0.3 is 0 Å². The number of para-hydroxylation sites is 2. The van der Waals surface area contributed by atoms with Crippen molar-refractivity contribution in [2.45, 2.75) is 48.4 Å². The number of nitrogens with zero attached hydrogens (tertiary/aromatic N) is 4. The second-order valence-electron chi connectivity index (χ2n) is 7.13. The van der Waals surface area contributed by atoms with Crippen LogP contribution in [0.25, 0.3) is 22.1 Å². The molecule has 0 radical (unpaired) electrons. The lowest BCUT2D eigenvalue weighted by molar-refractivity contribution is -0.0447. The highest BCUT2D eigenvalue weighted by Crippen LogP contribution is 2.40. The predicted octanol–water partition coefficient (Wildman–Crippen LogP) is 4.30. The number of aromatic amines is 1. The van der Waals surface area contributed by atoms with Crippen molar-refractivity contribution in [1.29, 1.82) is 0 Å². The Balaban J connectivity index is 1.46. The summed E-state index contributed by atoms with van der Waals surface area (Å²) in [5, 5.41) is 5.43. The fourth-order valence-corrected chi connectivity index (χ4v) is 4.55. The lowest BCUT2D eigenvalue weighted by Gasteiger charge is -2.28. The predicted molar refractivity (Wildman–Crippen MR) is 104 cm³/mol. The maximum Gasteiger partial charge on any atom is 0.263 e. The summed E-state index contributed by atoms with van der Waals surface area (Å²) in [4.78, 5) is 23.7. The molecule has 0 amide bonds. The van der Waals surface area contributed by atoms with Crippen LogP contribution in [0.15, 0.2) is 44.8 Å². The van der Waals surface area contributed by atoms with E-state index in [0.29, 0.717) is 46.1 Å². The Morgan fingerprint density at radius 3 is 2.86 bits per heavy atom. The molecule has 0 unspecified atom stereocenters. The number of aromatic nitrogens is 5. The van der Waals surface area contributed by atoms with Gasteiger partial charge in [-0.2, -0.15) is 5.10 Å². The topological polar surface area (TPSA) is 89.6 Å². The number of fused-ring (bicyclic) bond motifs is 2. The van der Waals surface area contributed by atoms with E-state index in [0.717, 1.165) is 5.52 Å². The Morgan fingerprint density at radius 1 is 1.28 bits per heavy atom. The van der Waals surface area contributed by atoms with Crippen molar-refractivity contribution in [2.24, 2.45) is 0 Å². The summed E-state index contributed by atoms with van der Waals surface area (Å²) in [6, 6.07) is 7.26. The zero-order valence-electron chi connectivity index (χ0n) is 15.3. The lowest BCUT2D eigenvalue weighted by Crippen LogP contribution is -2.27. The number of oxazole rings is 1. The van der Waals surface area contributed by atoms with Gasteiger partial charge in [-0.1, -0.05) is 23.9 Å². The van der Waals surface area contributed by atoms with Crippen LogP contribution in [0.2, 0.25) is 0 Å². The molecule has 1 aliphatic carbocycles. The molecule has 7 nitrogen and oxygen atoms in total. The Labute approximate surface area is 167 Å². The Hall–Kier alpha value is -2.75. The molecular formula is C19H17F2N5O2S. The number of hydrogen-bond acceptors (Lipinski definition) is 6. The minimum Gasteiger partial charge on any atom is -0.440 e. The van der Waals surface area contributed by atoms with Crippen LogP contribution in [0.4, 0.5) is 8.78 Å². The largest absolute Gasteiger partial charge is 0.440 e.